The first kappa shape index (κ1) is 13.9. The van der Waals surface area contributed by atoms with Gasteiger partial charge in [0.15, 0.2) is 0 Å². The Kier molecular flexibility index (Phi) is 3.28. The van der Waals surface area contributed by atoms with Crippen molar-refractivity contribution in [1.29, 1.82) is 0 Å². The molecule has 2 rings (SSSR count). The molecule has 0 aromatic rings. The smallest absolute Gasteiger partial charge is 0.309 e. The van der Waals surface area contributed by atoms with Gasteiger partial charge in [0.1, 0.15) is 0 Å². The molecule has 0 spiro atoms. The molecule has 2 nitrogen and oxygen atoms in total. The number of rotatable bonds is 0. The number of esters is 1. The van der Waals surface area contributed by atoms with Gasteiger partial charge in [0.25, 0.3) is 0 Å². The zero-order valence-electron chi connectivity index (χ0n) is 12.7. The van der Waals surface area contributed by atoms with Gasteiger partial charge in [-0.15, -0.1) is 0 Å². The molecule has 2 heteroatoms. The molecule has 1 aliphatic heterocycles. The molecule has 4 atom stereocenters. The Morgan fingerprint density at radius 3 is 2.11 bits per heavy atom. The standard InChI is InChI=1S/C16H28O2/c1-15(2,3)11-8-7-10-9-18-14(17)12(10)13(11)16(4,5)6/h10-13H,7-9H2,1-6H3. The normalized spacial score (nSPS) is 37.3. The molecule has 1 aliphatic carbocycles. The van der Waals surface area contributed by atoms with E-state index in [1.165, 1.54) is 6.42 Å². The summed E-state index contributed by atoms with van der Waals surface area (Å²) in [5.41, 5.74) is 0.441. The van der Waals surface area contributed by atoms with Crippen LogP contribution in [-0.4, -0.2) is 12.6 Å². The van der Waals surface area contributed by atoms with Crippen LogP contribution in [0.25, 0.3) is 0 Å². The van der Waals surface area contributed by atoms with Gasteiger partial charge in [-0.2, -0.15) is 0 Å². The van der Waals surface area contributed by atoms with Gasteiger partial charge in [-0.1, -0.05) is 41.5 Å². The average molecular weight is 252 g/mol. The third kappa shape index (κ3) is 2.31. The summed E-state index contributed by atoms with van der Waals surface area (Å²) in [5, 5.41) is 0. The van der Waals surface area contributed by atoms with Crippen molar-refractivity contribution in [2.24, 2.45) is 34.5 Å². The Morgan fingerprint density at radius 1 is 1.00 bits per heavy atom. The second kappa shape index (κ2) is 4.25. The first-order valence-electron chi connectivity index (χ1n) is 7.29. The summed E-state index contributed by atoms with van der Waals surface area (Å²) in [6, 6.07) is 0. The highest BCUT2D eigenvalue weighted by Gasteiger charge is 2.54. The van der Waals surface area contributed by atoms with E-state index >= 15 is 0 Å². The van der Waals surface area contributed by atoms with Crippen LogP contribution < -0.4 is 0 Å². The molecule has 0 amide bonds. The number of ether oxygens (including phenoxy) is 1. The molecule has 0 aromatic heterocycles. The van der Waals surface area contributed by atoms with Crippen LogP contribution in [0.15, 0.2) is 0 Å². The molecule has 104 valence electrons. The maximum absolute atomic E-state index is 12.1. The van der Waals surface area contributed by atoms with Crippen LogP contribution >= 0.6 is 0 Å². The van der Waals surface area contributed by atoms with Crippen molar-refractivity contribution in [1.82, 2.24) is 0 Å². The van der Waals surface area contributed by atoms with Crippen LogP contribution in [0.1, 0.15) is 54.4 Å². The Bertz CT molecular complexity index is 332. The maximum Gasteiger partial charge on any atom is 0.309 e. The summed E-state index contributed by atoms with van der Waals surface area (Å²) < 4.78 is 5.35. The van der Waals surface area contributed by atoms with Crippen LogP contribution in [0.5, 0.6) is 0 Å². The summed E-state index contributed by atoms with van der Waals surface area (Å²) >= 11 is 0. The quantitative estimate of drug-likeness (QED) is 0.611. The van der Waals surface area contributed by atoms with E-state index in [1.54, 1.807) is 0 Å². The first-order valence-corrected chi connectivity index (χ1v) is 7.29. The fourth-order valence-corrected chi connectivity index (χ4v) is 4.22. The predicted octanol–water partition coefficient (Wildman–Crippen LogP) is 3.89. The number of carbonyl (C=O) groups excluding carboxylic acids is 1. The van der Waals surface area contributed by atoms with E-state index in [-0.39, 0.29) is 22.7 Å². The highest BCUT2D eigenvalue weighted by molar-refractivity contribution is 5.75. The van der Waals surface area contributed by atoms with Crippen molar-refractivity contribution in [2.45, 2.75) is 54.4 Å². The highest BCUT2D eigenvalue weighted by atomic mass is 16.5. The average Bonchev–Trinajstić information content (AvgIpc) is 2.56. The Morgan fingerprint density at radius 2 is 1.61 bits per heavy atom. The maximum atomic E-state index is 12.1. The van der Waals surface area contributed by atoms with Crippen molar-refractivity contribution in [3.63, 3.8) is 0 Å². The number of fused-ring (bicyclic) bond motifs is 1. The molecular formula is C16H28O2. The van der Waals surface area contributed by atoms with E-state index in [2.05, 4.69) is 41.5 Å². The van der Waals surface area contributed by atoms with Gasteiger partial charge in [0, 0.05) is 5.92 Å². The van der Waals surface area contributed by atoms with E-state index in [9.17, 15) is 4.79 Å². The van der Waals surface area contributed by atoms with Crippen LogP contribution in [0.4, 0.5) is 0 Å². The third-order valence-corrected chi connectivity index (χ3v) is 5.00. The lowest BCUT2D eigenvalue weighted by Gasteiger charge is -2.50. The molecule has 0 radical (unpaired) electrons. The minimum Gasteiger partial charge on any atom is -0.465 e. The molecule has 0 aromatic carbocycles. The van der Waals surface area contributed by atoms with Crippen LogP contribution in [0.2, 0.25) is 0 Å². The van der Waals surface area contributed by atoms with Crippen molar-refractivity contribution >= 4 is 5.97 Å². The van der Waals surface area contributed by atoms with E-state index in [1.807, 2.05) is 0 Å². The molecule has 0 bridgehead atoms. The zero-order valence-corrected chi connectivity index (χ0v) is 12.7. The van der Waals surface area contributed by atoms with Gasteiger partial charge < -0.3 is 4.74 Å². The zero-order chi connectivity index (χ0) is 13.7. The minimum atomic E-state index is 0.0638. The van der Waals surface area contributed by atoms with E-state index in [4.69, 9.17) is 4.74 Å². The predicted molar refractivity (Wildman–Crippen MR) is 73.1 cm³/mol. The molecule has 18 heavy (non-hydrogen) atoms. The van der Waals surface area contributed by atoms with Gasteiger partial charge in [-0.3, -0.25) is 4.79 Å². The lowest BCUT2D eigenvalue weighted by Crippen LogP contribution is -2.47. The number of cyclic esters (lactones) is 1. The lowest BCUT2D eigenvalue weighted by molar-refractivity contribution is -0.147. The van der Waals surface area contributed by atoms with Crippen LogP contribution in [0.3, 0.4) is 0 Å². The summed E-state index contributed by atoms with van der Waals surface area (Å²) in [5.74, 6) is 1.74. The molecule has 1 heterocycles. The van der Waals surface area contributed by atoms with Gasteiger partial charge in [0.05, 0.1) is 12.5 Å². The van der Waals surface area contributed by atoms with Crippen molar-refractivity contribution < 1.29 is 9.53 Å². The van der Waals surface area contributed by atoms with Crippen molar-refractivity contribution in [2.75, 3.05) is 6.61 Å². The first-order chi connectivity index (χ1) is 8.12. The number of carbonyl (C=O) groups is 1. The molecular weight excluding hydrogens is 224 g/mol. The number of hydrogen-bond acceptors (Lipinski definition) is 2. The van der Waals surface area contributed by atoms with Gasteiger partial charge in [-0.25, -0.2) is 0 Å². The SMILES string of the molecule is CC(C)(C)C1CCC2COC(=O)C2C1C(C)(C)C. The topological polar surface area (TPSA) is 26.3 Å². The summed E-state index contributed by atoms with van der Waals surface area (Å²) in [7, 11) is 0. The van der Waals surface area contributed by atoms with Gasteiger partial charge in [0.2, 0.25) is 0 Å². The summed E-state index contributed by atoms with van der Waals surface area (Å²) in [4.78, 5) is 12.1. The fraction of sp³-hybridized carbons (Fsp3) is 0.938. The molecule has 4 unspecified atom stereocenters. The molecule has 2 aliphatic rings. The highest BCUT2D eigenvalue weighted by Crippen LogP contribution is 2.55. The second-order valence-corrected chi connectivity index (χ2v) is 8.36. The molecule has 0 N–H and O–H groups in total. The second-order valence-electron chi connectivity index (χ2n) is 8.36. The van der Waals surface area contributed by atoms with Crippen LogP contribution in [0, 0.1) is 34.5 Å². The Labute approximate surface area is 111 Å². The lowest BCUT2D eigenvalue weighted by atomic mass is 9.53. The third-order valence-electron chi connectivity index (χ3n) is 5.00. The van der Waals surface area contributed by atoms with Crippen molar-refractivity contribution in [3.8, 4) is 0 Å². The largest absolute Gasteiger partial charge is 0.465 e. The molecule has 2 fully saturated rings. The summed E-state index contributed by atoms with van der Waals surface area (Å²) in [6.07, 6.45) is 2.40. The van der Waals surface area contributed by atoms with Crippen LogP contribution in [-0.2, 0) is 9.53 Å². The molecule has 1 saturated heterocycles. The van der Waals surface area contributed by atoms with Gasteiger partial charge >= 0.3 is 5.97 Å². The van der Waals surface area contributed by atoms with Crippen molar-refractivity contribution in [3.05, 3.63) is 0 Å². The van der Waals surface area contributed by atoms with E-state index in [0.29, 0.717) is 24.4 Å². The number of hydrogen-bond donors (Lipinski definition) is 0. The van der Waals surface area contributed by atoms with E-state index in [0.717, 1.165) is 6.42 Å². The Hall–Kier alpha value is -0.530. The summed E-state index contributed by atoms with van der Waals surface area (Å²) in [6.45, 7) is 14.5. The van der Waals surface area contributed by atoms with E-state index < -0.39 is 0 Å². The van der Waals surface area contributed by atoms with Gasteiger partial charge in [-0.05, 0) is 35.5 Å². The fourth-order valence-electron chi connectivity index (χ4n) is 4.22. The monoisotopic (exact) mass is 252 g/mol. The molecule has 1 saturated carbocycles. The minimum absolute atomic E-state index is 0.0638. The Balaban J connectivity index is 2.37.